The summed E-state index contributed by atoms with van der Waals surface area (Å²) in [6.07, 6.45) is 0. The van der Waals surface area contributed by atoms with E-state index < -0.39 is 27.6 Å². The van der Waals surface area contributed by atoms with Crippen LogP contribution in [0.3, 0.4) is 0 Å². The smallest absolute Gasteiger partial charge is 0.183 e. The van der Waals surface area contributed by atoms with E-state index in [9.17, 15) is 13.2 Å². The number of rotatable bonds is 0. The largest absolute Gasteiger partial charge is 0.396 e. The number of hydrogen-bond acceptors (Lipinski definition) is 1. The van der Waals surface area contributed by atoms with Gasteiger partial charge in [-0.05, 0) is 22.9 Å². The average Bonchev–Trinajstić information content (AvgIpc) is 2.08. The first-order valence-corrected chi connectivity index (χ1v) is 3.84. The van der Waals surface area contributed by atoms with Crippen LogP contribution in [0, 0.1) is 24.4 Å². The lowest BCUT2D eigenvalue weighted by Gasteiger charge is -2.06. The fourth-order valence-electron chi connectivity index (χ4n) is 0.758. The van der Waals surface area contributed by atoms with Crippen molar-refractivity contribution in [2.75, 3.05) is 5.73 Å². The van der Waals surface area contributed by atoms with Crippen LogP contribution in [-0.2, 0) is 0 Å². The Bertz CT molecular complexity index is 233. The van der Waals surface area contributed by atoms with Gasteiger partial charge in [0.1, 0.15) is 5.82 Å². The molecule has 0 aliphatic carbocycles. The summed E-state index contributed by atoms with van der Waals surface area (Å²) in [5.41, 5.74) is 4.49. The van der Waals surface area contributed by atoms with Crippen molar-refractivity contribution in [3.05, 3.63) is 27.5 Å². The molecule has 0 unspecified atom stereocenters. The zero-order chi connectivity index (χ0) is 9.46. The fourth-order valence-corrected chi connectivity index (χ4v) is 1.23. The number of halogens is 4. The number of anilines is 1. The van der Waals surface area contributed by atoms with Gasteiger partial charge in [0, 0.05) is 5.56 Å². The Balaban J connectivity index is 3.60. The molecular formula is C7H5BrF3N. The van der Waals surface area contributed by atoms with E-state index in [1.807, 2.05) is 0 Å². The molecule has 0 aliphatic heterocycles. The SMILES string of the molecule is Cc1c(N)c(F)c(F)c(Br)c1F. The molecule has 0 atom stereocenters. The van der Waals surface area contributed by atoms with Crippen molar-refractivity contribution in [1.82, 2.24) is 0 Å². The Kier molecular flexibility index (Phi) is 2.32. The molecule has 2 N–H and O–H groups in total. The second-order valence-corrected chi connectivity index (χ2v) is 3.09. The van der Waals surface area contributed by atoms with Crippen molar-refractivity contribution < 1.29 is 13.2 Å². The zero-order valence-corrected chi connectivity index (χ0v) is 7.68. The summed E-state index contributed by atoms with van der Waals surface area (Å²) in [4.78, 5) is 0. The molecule has 0 aliphatic rings. The van der Waals surface area contributed by atoms with E-state index in [1.54, 1.807) is 0 Å². The Labute approximate surface area is 75.5 Å². The highest BCUT2D eigenvalue weighted by molar-refractivity contribution is 9.10. The first-order valence-electron chi connectivity index (χ1n) is 3.04. The first kappa shape index (κ1) is 9.38. The van der Waals surface area contributed by atoms with E-state index in [1.165, 1.54) is 6.92 Å². The first-order chi connectivity index (χ1) is 5.46. The molecule has 0 saturated carbocycles. The highest BCUT2D eigenvalue weighted by atomic mass is 79.9. The summed E-state index contributed by atoms with van der Waals surface area (Å²) >= 11 is 2.57. The topological polar surface area (TPSA) is 26.0 Å². The predicted octanol–water partition coefficient (Wildman–Crippen LogP) is 2.76. The molecule has 5 heteroatoms. The van der Waals surface area contributed by atoms with Gasteiger partial charge >= 0.3 is 0 Å². The lowest BCUT2D eigenvalue weighted by atomic mass is 10.2. The summed E-state index contributed by atoms with van der Waals surface area (Å²) in [5, 5.41) is 0. The average molecular weight is 240 g/mol. The van der Waals surface area contributed by atoms with Gasteiger partial charge in [-0.15, -0.1) is 0 Å². The minimum atomic E-state index is -1.30. The molecular weight excluding hydrogens is 235 g/mol. The third-order valence-corrected chi connectivity index (χ3v) is 2.24. The molecule has 1 nitrogen and oxygen atoms in total. The molecule has 0 bridgehead atoms. The standard InChI is InChI=1S/C7H5BrF3N/c1-2-4(9)3(8)5(10)6(11)7(2)12/h12H2,1H3. The maximum Gasteiger partial charge on any atom is 0.183 e. The molecule has 0 radical (unpaired) electrons. The van der Waals surface area contributed by atoms with Gasteiger partial charge in [-0.2, -0.15) is 0 Å². The highest BCUT2D eigenvalue weighted by Gasteiger charge is 2.18. The molecule has 66 valence electrons. The maximum absolute atomic E-state index is 12.9. The molecule has 1 aromatic rings. The van der Waals surface area contributed by atoms with Crippen LogP contribution in [0.4, 0.5) is 18.9 Å². The van der Waals surface area contributed by atoms with Gasteiger partial charge in [0.15, 0.2) is 11.6 Å². The molecule has 0 saturated heterocycles. The summed E-state index contributed by atoms with van der Waals surface area (Å²) in [7, 11) is 0. The third kappa shape index (κ3) is 1.18. The lowest BCUT2D eigenvalue weighted by Crippen LogP contribution is -2.02. The zero-order valence-electron chi connectivity index (χ0n) is 6.09. The van der Waals surface area contributed by atoms with Gasteiger partial charge in [0.2, 0.25) is 0 Å². The molecule has 0 aromatic heterocycles. The van der Waals surface area contributed by atoms with E-state index in [0.717, 1.165) is 0 Å². The van der Waals surface area contributed by atoms with E-state index >= 15 is 0 Å². The minimum absolute atomic E-state index is 0.0965. The van der Waals surface area contributed by atoms with Gasteiger partial charge in [0.05, 0.1) is 10.2 Å². The molecule has 1 rings (SSSR count). The molecule has 0 spiro atoms. The molecule has 12 heavy (non-hydrogen) atoms. The van der Waals surface area contributed by atoms with Crippen molar-refractivity contribution in [1.29, 1.82) is 0 Å². The lowest BCUT2D eigenvalue weighted by molar-refractivity contribution is 0.489. The van der Waals surface area contributed by atoms with Crippen LogP contribution in [0.15, 0.2) is 4.47 Å². The van der Waals surface area contributed by atoms with Gasteiger partial charge in [-0.25, -0.2) is 13.2 Å². The quantitative estimate of drug-likeness (QED) is 0.421. The van der Waals surface area contributed by atoms with Crippen LogP contribution < -0.4 is 5.73 Å². The van der Waals surface area contributed by atoms with Crippen LogP contribution in [0.25, 0.3) is 0 Å². The summed E-state index contributed by atoms with van der Waals surface area (Å²) < 4.78 is 37.8. The van der Waals surface area contributed by atoms with Crippen LogP contribution in [-0.4, -0.2) is 0 Å². The van der Waals surface area contributed by atoms with Crippen LogP contribution >= 0.6 is 15.9 Å². The van der Waals surface area contributed by atoms with E-state index in [-0.39, 0.29) is 5.56 Å². The number of nitrogens with two attached hydrogens (primary N) is 1. The maximum atomic E-state index is 12.9. The van der Waals surface area contributed by atoms with E-state index in [4.69, 9.17) is 5.73 Å². The highest BCUT2D eigenvalue weighted by Crippen LogP contribution is 2.29. The Morgan fingerprint density at radius 1 is 1.08 bits per heavy atom. The second-order valence-electron chi connectivity index (χ2n) is 2.29. The summed E-state index contributed by atoms with van der Waals surface area (Å²) in [5.74, 6) is -3.39. The van der Waals surface area contributed by atoms with Gasteiger partial charge in [-0.3, -0.25) is 0 Å². The fraction of sp³-hybridized carbons (Fsp3) is 0.143. The van der Waals surface area contributed by atoms with Gasteiger partial charge in [-0.1, -0.05) is 0 Å². The summed E-state index contributed by atoms with van der Waals surface area (Å²) in [6.45, 7) is 1.28. The van der Waals surface area contributed by atoms with Crippen LogP contribution in [0.2, 0.25) is 0 Å². The van der Waals surface area contributed by atoms with Crippen molar-refractivity contribution in [2.24, 2.45) is 0 Å². The van der Waals surface area contributed by atoms with Crippen LogP contribution in [0.5, 0.6) is 0 Å². The molecule has 0 heterocycles. The van der Waals surface area contributed by atoms with Crippen molar-refractivity contribution >= 4 is 21.6 Å². The molecule has 0 fully saturated rings. The van der Waals surface area contributed by atoms with Crippen molar-refractivity contribution in [3.8, 4) is 0 Å². The van der Waals surface area contributed by atoms with E-state index in [2.05, 4.69) is 15.9 Å². The second kappa shape index (κ2) is 2.97. The Morgan fingerprint density at radius 3 is 2.08 bits per heavy atom. The normalized spacial score (nSPS) is 10.4. The van der Waals surface area contributed by atoms with Crippen molar-refractivity contribution in [3.63, 3.8) is 0 Å². The Morgan fingerprint density at radius 2 is 1.58 bits per heavy atom. The number of nitrogen functional groups attached to an aromatic ring is 1. The van der Waals surface area contributed by atoms with E-state index in [0.29, 0.717) is 0 Å². The number of hydrogen-bond donors (Lipinski definition) is 1. The van der Waals surface area contributed by atoms with Gasteiger partial charge < -0.3 is 5.73 Å². The molecule has 1 aromatic carbocycles. The van der Waals surface area contributed by atoms with Crippen molar-refractivity contribution in [2.45, 2.75) is 6.92 Å². The summed E-state index contributed by atoms with van der Waals surface area (Å²) in [6, 6.07) is 0. The molecule has 0 amide bonds. The van der Waals surface area contributed by atoms with Crippen LogP contribution in [0.1, 0.15) is 5.56 Å². The van der Waals surface area contributed by atoms with Gasteiger partial charge in [0.25, 0.3) is 0 Å². The monoisotopic (exact) mass is 239 g/mol. The Hall–Kier alpha value is -0.710. The minimum Gasteiger partial charge on any atom is -0.396 e. The number of benzene rings is 1. The third-order valence-electron chi connectivity index (χ3n) is 1.55. The predicted molar refractivity (Wildman–Crippen MR) is 43.2 cm³/mol.